The maximum absolute atomic E-state index is 3.82. The Morgan fingerprint density at radius 2 is 1.73 bits per heavy atom. The molecule has 0 aromatic heterocycles. The second-order valence-corrected chi connectivity index (χ2v) is 3.03. The number of hydrogen-bond donors (Lipinski definition) is 1. The van der Waals surface area contributed by atoms with E-state index in [0.717, 1.165) is 24.2 Å². The van der Waals surface area contributed by atoms with Gasteiger partial charge in [-0.1, -0.05) is 44.0 Å². The van der Waals surface area contributed by atoms with Crippen LogP contribution in [0.15, 0.2) is 74.2 Å². The summed E-state index contributed by atoms with van der Waals surface area (Å²) in [5.74, 6) is 0. The van der Waals surface area contributed by atoms with Crippen molar-refractivity contribution in [1.29, 1.82) is 0 Å². The van der Waals surface area contributed by atoms with Crippen molar-refractivity contribution in [2.24, 2.45) is 0 Å². The standard InChI is InChI=1S/C14H19N/c1-5-7-8-9-10-11-12-14(4)15-13(3)6-2/h5-6,9-12,15H,1-4,7-8H2/b10-9-,12-11-. The molecule has 0 spiro atoms. The van der Waals surface area contributed by atoms with Crippen LogP contribution in [0, 0.1) is 0 Å². The monoisotopic (exact) mass is 201 g/mol. The second-order valence-electron chi connectivity index (χ2n) is 3.03. The lowest BCUT2D eigenvalue weighted by Crippen LogP contribution is -2.06. The van der Waals surface area contributed by atoms with Gasteiger partial charge in [0.15, 0.2) is 0 Å². The fourth-order valence-electron chi connectivity index (χ4n) is 0.860. The van der Waals surface area contributed by atoms with Crippen LogP contribution in [0.25, 0.3) is 0 Å². The topological polar surface area (TPSA) is 12.0 Å². The molecule has 0 aliphatic rings. The van der Waals surface area contributed by atoms with Crippen LogP contribution in [0.1, 0.15) is 12.8 Å². The number of hydrogen-bond acceptors (Lipinski definition) is 1. The Labute approximate surface area is 92.9 Å². The highest BCUT2D eigenvalue weighted by Gasteiger charge is 1.85. The van der Waals surface area contributed by atoms with E-state index in [0.29, 0.717) is 0 Å². The van der Waals surface area contributed by atoms with E-state index in [4.69, 9.17) is 0 Å². The van der Waals surface area contributed by atoms with Gasteiger partial charge in [-0.2, -0.15) is 0 Å². The van der Waals surface area contributed by atoms with Gasteiger partial charge < -0.3 is 5.32 Å². The van der Waals surface area contributed by atoms with E-state index >= 15 is 0 Å². The molecule has 0 rings (SSSR count). The third-order valence-electron chi connectivity index (χ3n) is 1.65. The molecule has 1 heteroatoms. The van der Waals surface area contributed by atoms with Crippen LogP contribution in [-0.2, 0) is 0 Å². The molecular weight excluding hydrogens is 182 g/mol. The normalized spacial score (nSPS) is 10.4. The zero-order valence-corrected chi connectivity index (χ0v) is 9.21. The van der Waals surface area contributed by atoms with Crippen molar-refractivity contribution in [3.8, 4) is 0 Å². The minimum absolute atomic E-state index is 0.750. The van der Waals surface area contributed by atoms with Gasteiger partial charge >= 0.3 is 0 Å². The summed E-state index contributed by atoms with van der Waals surface area (Å²) in [6.45, 7) is 14.8. The first kappa shape index (κ1) is 13.2. The predicted octanol–water partition coefficient (Wildman–Crippen LogP) is 3.87. The molecule has 0 saturated carbocycles. The summed E-state index contributed by atoms with van der Waals surface area (Å²) in [4.78, 5) is 0. The highest BCUT2D eigenvalue weighted by atomic mass is 14.9. The Kier molecular flexibility index (Phi) is 7.79. The van der Waals surface area contributed by atoms with Gasteiger partial charge in [0, 0.05) is 11.4 Å². The van der Waals surface area contributed by atoms with E-state index in [1.54, 1.807) is 6.08 Å². The van der Waals surface area contributed by atoms with Crippen molar-refractivity contribution < 1.29 is 0 Å². The lowest BCUT2D eigenvalue weighted by molar-refractivity contribution is 1.05. The molecule has 0 saturated heterocycles. The van der Waals surface area contributed by atoms with Crippen molar-refractivity contribution >= 4 is 0 Å². The Bertz CT molecular complexity index is 292. The van der Waals surface area contributed by atoms with Gasteiger partial charge in [0.25, 0.3) is 0 Å². The molecule has 0 heterocycles. The van der Waals surface area contributed by atoms with Gasteiger partial charge in [-0.25, -0.2) is 0 Å². The zero-order valence-electron chi connectivity index (χ0n) is 9.21. The first-order valence-electron chi connectivity index (χ1n) is 4.92. The second kappa shape index (κ2) is 8.82. The van der Waals surface area contributed by atoms with Gasteiger partial charge in [0.05, 0.1) is 0 Å². The average Bonchev–Trinajstić information content (AvgIpc) is 2.23. The van der Waals surface area contributed by atoms with Crippen molar-refractivity contribution in [2.75, 3.05) is 0 Å². The van der Waals surface area contributed by atoms with E-state index in [1.807, 2.05) is 24.3 Å². The average molecular weight is 201 g/mol. The summed E-state index contributed by atoms with van der Waals surface area (Å²) in [5.41, 5.74) is 1.55. The van der Waals surface area contributed by atoms with Crippen LogP contribution >= 0.6 is 0 Å². The van der Waals surface area contributed by atoms with Gasteiger partial charge in [0.1, 0.15) is 0 Å². The summed E-state index contributed by atoms with van der Waals surface area (Å²) < 4.78 is 0. The summed E-state index contributed by atoms with van der Waals surface area (Å²) >= 11 is 0. The zero-order chi connectivity index (χ0) is 11.5. The summed E-state index contributed by atoms with van der Waals surface area (Å²) in [6, 6.07) is 0. The van der Waals surface area contributed by atoms with Gasteiger partial charge in [0.2, 0.25) is 0 Å². The van der Waals surface area contributed by atoms with Crippen LogP contribution in [0.4, 0.5) is 0 Å². The molecule has 0 aliphatic heterocycles. The lowest BCUT2D eigenvalue weighted by Gasteiger charge is -2.02. The fourth-order valence-corrected chi connectivity index (χ4v) is 0.860. The molecule has 0 aromatic rings. The van der Waals surface area contributed by atoms with Gasteiger partial charge in [-0.3, -0.25) is 0 Å². The SMILES string of the molecule is C=CCC/C=C\C=C/C(=C)NC(=C)C=C. The number of allylic oxidation sites excluding steroid dienone is 6. The Balaban J connectivity index is 3.80. The summed E-state index contributed by atoms with van der Waals surface area (Å²) in [7, 11) is 0. The molecule has 0 aromatic carbocycles. The molecule has 0 bridgehead atoms. The van der Waals surface area contributed by atoms with E-state index in [1.165, 1.54) is 0 Å². The molecule has 0 aliphatic carbocycles. The third-order valence-corrected chi connectivity index (χ3v) is 1.65. The van der Waals surface area contributed by atoms with Crippen LogP contribution in [-0.4, -0.2) is 0 Å². The van der Waals surface area contributed by atoms with Crippen LogP contribution in [0.5, 0.6) is 0 Å². The van der Waals surface area contributed by atoms with Crippen molar-refractivity contribution in [1.82, 2.24) is 5.32 Å². The predicted molar refractivity (Wildman–Crippen MR) is 69.3 cm³/mol. The van der Waals surface area contributed by atoms with E-state index in [9.17, 15) is 0 Å². The lowest BCUT2D eigenvalue weighted by atomic mass is 10.3. The summed E-state index contributed by atoms with van der Waals surface area (Å²) in [6.07, 6.45) is 13.5. The Hall–Kier alpha value is -1.76. The molecule has 1 N–H and O–H groups in total. The highest BCUT2D eigenvalue weighted by Crippen LogP contribution is 1.95. The minimum atomic E-state index is 0.750. The molecule has 0 radical (unpaired) electrons. The fraction of sp³-hybridized carbons (Fsp3) is 0.143. The number of rotatable bonds is 8. The number of unbranched alkanes of at least 4 members (excludes halogenated alkanes) is 1. The van der Waals surface area contributed by atoms with Crippen molar-refractivity contribution in [3.05, 3.63) is 74.2 Å². The van der Waals surface area contributed by atoms with Gasteiger partial charge in [-0.05, 0) is 25.0 Å². The quantitative estimate of drug-likeness (QED) is 0.357. The van der Waals surface area contributed by atoms with Crippen LogP contribution < -0.4 is 5.32 Å². The minimum Gasteiger partial charge on any atom is -0.357 e. The van der Waals surface area contributed by atoms with Crippen molar-refractivity contribution in [3.63, 3.8) is 0 Å². The van der Waals surface area contributed by atoms with Gasteiger partial charge in [-0.15, -0.1) is 6.58 Å². The van der Waals surface area contributed by atoms with E-state index < -0.39 is 0 Å². The highest BCUT2D eigenvalue weighted by molar-refractivity contribution is 5.24. The molecule has 1 nitrogen and oxygen atoms in total. The molecule has 0 atom stereocenters. The third kappa shape index (κ3) is 8.57. The van der Waals surface area contributed by atoms with Crippen molar-refractivity contribution in [2.45, 2.75) is 12.8 Å². The largest absolute Gasteiger partial charge is 0.357 e. The first-order chi connectivity index (χ1) is 7.20. The Morgan fingerprint density at radius 3 is 2.33 bits per heavy atom. The Morgan fingerprint density at radius 1 is 1.00 bits per heavy atom. The molecule has 0 fully saturated rings. The molecular formula is C14H19N. The molecule has 80 valence electrons. The van der Waals surface area contributed by atoms with Crippen LogP contribution in [0.2, 0.25) is 0 Å². The number of nitrogens with one attached hydrogen (secondary N) is 1. The maximum atomic E-state index is 3.82. The molecule has 0 unspecified atom stereocenters. The summed E-state index contributed by atoms with van der Waals surface area (Å²) in [5, 5.41) is 2.99. The smallest absolute Gasteiger partial charge is 0.0310 e. The maximum Gasteiger partial charge on any atom is 0.0310 e. The van der Waals surface area contributed by atoms with Crippen LogP contribution in [0.3, 0.4) is 0 Å². The molecule has 15 heavy (non-hydrogen) atoms. The van der Waals surface area contributed by atoms with E-state index in [2.05, 4.69) is 37.7 Å². The molecule has 0 amide bonds. The first-order valence-corrected chi connectivity index (χ1v) is 4.92. The van der Waals surface area contributed by atoms with E-state index in [-0.39, 0.29) is 0 Å².